The number of rotatable bonds is 1. The minimum atomic E-state index is -0.756. The number of hydrogen-bond donors (Lipinski definition) is 2. The number of urea groups is 1. The summed E-state index contributed by atoms with van der Waals surface area (Å²) in [4.78, 5) is 26.6. The largest absolute Gasteiger partial charge is 0.461 e. The Bertz CT molecular complexity index is 556. The lowest BCUT2D eigenvalue weighted by molar-refractivity contribution is -0.120. The zero-order valence-electron chi connectivity index (χ0n) is 8.77. The number of aliphatic imine (C=N–C) groups is 1. The summed E-state index contributed by atoms with van der Waals surface area (Å²) in [6.45, 7) is 0. The first-order chi connectivity index (χ1) is 8.24. The Labute approximate surface area is 96.4 Å². The van der Waals surface area contributed by atoms with Gasteiger partial charge in [0.2, 0.25) is 0 Å². The van der Waals surface area contributed by atoms with Gasteiger partial charge in [0, 0.05) is 18.7 Å². The van der Waals surface area contributed by atoms with Crippen LogP contribution >= 0.6 is 0 Å². The number of hydrogen-bond acceptors (Lipinski definition) is 4. The minimum absolute atomic E-state index is 0.404. The van der Waals surface area contributed by atoms with E-state index in [1.54, 1.807) is 12.3 Å². The average molecular weight is 231 g/mol. The Morgan fingerprint density at radius 3 is 3.06 bits per heavy atom. The molecular weight excluding hydrogens is 222 g/mol. The van der Waals surface area contributed by atoms with E-state index in [1.165, 1.54) is 0 Å². The van der Waals surface area contributed by atoms with Crippen LogP contribution < -0.4 is 10.6 Å². The predicted octanol–water partition coefficient (Wildman–Crippen LogP) is 0.975. The van der Waals surface area contributed by atoms with Gasteiger partial charge in [-0.15, -0.1) is 0 Å². The van der Waals surface area contributed by atoms with Crippen molar-refractivity contribution >= 4 is 23.8 Å². The quantitative estimate of drug-likeness (QED) is 0.706. The highest BCUT2D eigenvalue weighted by atomic mass is 16.3. The van der Waals surface area contributed by atoms with Crippen molar-refractivity contribution in [2.45, 2.75) is 12.5 Å². The number of imide groups is 1. The normalized spacial score (nSPS) is 22.0. The predicted molar refractivity (Wildman–Crippen MR) is 59.1 cm³/mol. The molecule has 17 heavy (non-hydrogen) atoms. The molecule has 3 heterocycles. The Morgan fingerprint density at radius 1 is 1.41 bits per heavy atom. The number of fused-ring (bicyclic) bond motifs is 1. The van der Waals surface area contributed by atoms with Gasteiger partial charge in [-0.1, -0.05) is 6.08 Å². The van der Waals surface area contributed by atoms with Crippen molar-refractivity contribution in [3.63, 3.8) is 0 Å². The van der Waals surface area contributed by atoms with Crippen LogP contribution in [0.4, 0.5) is 10.5 Å². The molecule has 1 aromatic heterocycles. The molecule has 6 heteroatoms. The first-order valence-corrected chi connectivity index (χ1v) is 5.17. The Hall–Kier alpha value is -2.37. The third-order valence-electron chi connectivity index (χ3n) is 2.60. The molecule has 1 unspecified atom stereocenters. The summed E-state index contributed by atoms with van der Waals surface area (Å²) in [6, 6.07) is 0.415. The SMILES string of the molecule is O=C1NC(=O)C(c2cc3c(o2)CC=CC=N3)N1. The summed E-state index contributed by atoms with van der Waals surface area (Å²) < 4.78 is 5.55. The lowest BCUT2D eigenvalue weighted by Gasteiger charge is -2.01. The molecule has 2 aliphatic heterocycles. The van der Waals surface area contributed by atoms with Crippen molar-refractivity contribution in [1.82, 2.24) is 10.6 Å². The van der Waals surface area contributed by atoms with E-state index in [9.17, 15) is 9.59 Å². The van der Waals surface area contributed by atoms with Gasteiger partial charge in [0.1, 0.15) is 17.2 Å². The summed E-state index contributed by atoms with van der Waals surface area (Å²) in [5.74, 6) is 0.697. The maximum Gasteiger partial charge on any atom is 0.322 e. The van der Waals surface area contributed by atoms with Crippen molar-refractivity contribution in [3.05, 3.63) is 29.7 Å². The second-order valence-electron chi connectivity index (χ2n) is 3.76. The standard InChI is InChI=1S/C11H9N3O3/c15-10-9(13-11(16)14-10)8-5-6-7(17-8)3-1-2-4-12-6/h1-2,4-5,9H,3H2,(H2,13,14,15,16). The fourth-order valence-electron chi connectivity index (χ4n) is 1.81. The highest BCUT2D eigenvalue weighted by Gasteiger charge is 2.34. The van der Waals surface area contributed by atoms with Gasteiger partial charge in [-0.2, -0.15) is 0 Å². The molecular formula is C11H9N3O3. The Morgan fingerprint density at radius 2 is 2.29 bits per heavy atom. The van der Waals surface area contributed by atoms with Crippen LogP contribution in [0.15, 0.2) is 27.6 Å². The summed E-state index contributed by atoms with van der Waals surface area (Å²) in [5, 5.41) is 4.64. The number of nitrogens with one attached hydrogen (secondary N) is 2. The van der Waals surface area contributed by atoms with Crippen LogP contribution in [-0.2, 0) is 11.2 Å². The number of nitrogens with zero attached hydrogens (tertiary/aromatic N) is 1. The van der Waals surface area contributed by atoms with Gasteiger partial charge in [0.05, 0.1) is 0 Å². The summed E-state index contributed by atoms with van der Waals surface area (Å²) >= 11 is 0. The molecule has 86 valence electrons. The van der Waals surface area contributed by atoms with Crippen LogP contribution in [0.2, 0.25) is 0 Å². The number of allylic oxidation sites excluding steroid dienone is 2. The van der Waals surface area contributed by atoms with Gasteiger partial charge in [-0.25, -0.2) is 4.79 Å². The van der Waals surface area contributed by atoms with E-state index in [0.29, 0.717) is 23.6 Å². The molecule has 2 N–H and O–H groups in total. The second-order valence-corrected chi connectivity index (χ2v) is 3.76. The molecule has 1 atom stereocenters. The highest BCUT2D eigenvalue weighted by Crippen LogP contribution is 2.30. The van der Waals surface area contributed by atoms with Crippen LogP contribution in [0.1, 0.15) is 17.6 Å². The third kappa shape index (κ3) is 1.63. The maximum absolute atomic E-state index is 11.5. The maximum atomic E-state index is 11.5. The van der Waals surface area contributed by atoms with Crippen molar-refractivity contribution < 1.29 is 14.0 Å². The minimum Gasteiger partial charge on any atom is -0.461 e. The van der Waals surface area contributed by atoms with Crippen molar-refractivity contribution in [2.24, 2.45) is 4.99 Å². The van der Waals surface area contributed by atoms with E-state index in [2.05, 4.69) is 15.6 Å². The van der Waals surface area contributed by atoms with Crippen LogP contribution in [0.25, 0.3) is 0 Å². The zero-order chi connectivity index (χ0) is 11.8. The molecule has 3 amide bonds. The van der Waals surface area contributed by atoms with E-state index in [-0.39, 0.29) is 0 Å². The summed E-state index contributed by atoms with van der Waals surface area (Å²) in [7, 11) is 0. The van der Waals surface area contributed by atoms with Gasteiger partial charge >= 0.3 is 6.03 Å². The van der Waals surface area contributed by atoms with Gasteiger partial charge in [-0.05, 0) is 6.08 Å². The molecule has 0 bridgehead atoms. The highest BCUT2D eigenvalue weighted by molar-refractivity contribution is 6.04. The van der Waals surface area contributed by atoms with E-state index in [1.807, 2.05) is 12.2 Å². The first-order valence-electron chi connectivity index (χ1n) is 5.17. The van der Waals surface area contributed by atoms with Crippen molar-refractivity contribution in [1.29, 1.82) is 0 Å². The monoisotopic (exact) mass is 231 g/mol. The van der Waals surface area contributed by atoms with Crippen LogP contribution in [-0.4, -0.2) is 18.2 Å². The molecule has 0 aromatic carbocycles. The van der Waals surface area contributed by atoms with Crippen molar-refractivity contribution in [2.75, 3.05) is 0 Å². The molecule has 3 rings (SSSR count). The molecule has 2 aliphatic rings. The van der Waals surface area contributed by atoms with Crippen LogP contribution in [0.3, 0.4) is 0 Å². The van der Waals surface area contributed by atoms with Crippen LogP contribution in [0, 0.1) is 0 Å². The lowest BCUT2D eigenvalue weighted by Crippen LogP contribution is -2.22. The van der Waals surface area contributed by atoms with E-state index < -0.39 is 18.0 Å². The van der Waals surface area contributed by atoms with Gasteiger partial charge in [0.25, 0.3) is 5.91 Å². The third-order valence-corrected chi connectivity index (χ3v) is 2.60. The number of carbonyl (C=O) groups excluding carboxylic acids is 2. The smallest absolute Gasteiger partial charge is 0.322 e. The molecule has 1 saturated heterocycles. The number of furan rings is 1. The molecule has 6 nitrogen and oxygen atoms in total. The molecule has 0 spiro atoms. The lowest BCUT2D eigenvalue weighted by atomic mass is 10.2. The molecule has 1 fully saturated rings. The Kier molecular flexibility index (Phi) is 2.07. The fourth-order valence-corrected chi connectivity index (χ4v) is 1.81. The van der Waals surface area contributed by atoms with E-state index in [0.717, 1.165) is 0 Å². The van der Waals surface area contributed by atoms with Crippen molar-refractivity contribution in [3.8, 4) is 0 Å². The summed E-state index contributed by atoms with van der Waals surface area (Å²) in [6.07, 6.45) is 6.03. The molecule has 1 aromatic rings. The second kappa shape index (κ2) is 3.58. The van der Waals surface area contributed by atoms with Crippen LogP contribution in [0.5, 0.6) is 0 Å². The van der Waals surface area contributed by atoms with Gasteiger partial charge in [-0.3, -0.25) is 15.1 Å². The summed E-state index contributed by atoms with van der Waals surface area (Å²) in [5.41, 5.74) is 0.693. The van der Waals surface area contributed by atoms with E-state index >= 15 is 0 Å². The Balaban J connectivity index is 1.95. The zero-order valence-corrected chi connectivity index (χ0v) is 8.77. The topological polar surface area (TPSA) is 83.7 Å². The van der Waals surface area contributed by atoms with Gasteiger partial charge in [0.15, 0.2) is 6.04 Å². The molecule has 0 saturated carbocycles. The van der Waals surface area contributed by atoms with Gasteiger partial charge < -0.3 is 9.73 Å². The average Bonchev–Trinajstić information content (AvgIpc) is 2.76. The molecule has 0 radical (unpaired) electrons. The fraction of sp³-hybridized carbons (Fsp3) is 0.182. The first kappa shape index (κ1) is 9.83. The number of amides is 3. The molecule has 0 aliphatic carbocycles. The van der Waals surface area contributed by atoms with E-state index in [4.69, 9.17) is 4.42 Å². The number of carbonyl (C=O) groups is 2.